The molecule has 0 aromatic carbocycles. The quantitative estimate of drug-likeness (QED) is 0.857. The van der Waals surface area contributed by atoms with E-state index in [9.17, 15) is 5.11 Å². The molecule has 2 atom stereocenters. The Morgan fingerprint density at radius 1 is 1.44 bits per heavy atom. The molecule has 0 aliphatic rings. The molecule has 0 aliphatic carbocycles. The van der Waals surface area contributed by atoms with Crippen LogP contribution in [0.2, 0.25) is 0 Å². The van der Waals surface area contributed by atoms with Gasteiger partial charge in [0, 0.05) is 18.0 Å². The number of hydrogen-bond acceptors (Lipinski definition) is 3. The van der Waals surface area contributed by atoms with Crippen LogP contribution in [0.15, 0.2) is 24.8 Å². The molecule has 2 unspecified atom stereocenters. The van der Waals surface area contributed by atoms with Crippen molar-refractivity contribution in [3.8, 4) is 0 Å². The lowest BCUT2D eigenvalue weighted by Gasteiger charge is -2.16. The Morgan fingerprint density at radius 2 is 2.25 bits per heavy atom. The first-order valence-corrected chi connectivity index (χ1v) is 5.69. The maximum Gasteiger partial charge on any atom is 0.0903 e. The molecule has 16 heavy (non-hydrogen) atoms. The average Bonchev–Trinajstić information content (AvgIpc) is 2.72. The van der Waals surface area contributed by atoms with Crippen molar-refractivity contribution in [1.29, 1.82) is 0 Å². The summed E-state index contributed by atoms with van der Waals surface area (Å²) in [6.45, 7) is 4.19. The second-order valence-electron chi connectivity index (χ2n) is 4.22. The van der Waals surface area contributed by atoms with Gasteiger partial charge in [-0.15, -0.1) is 0 Å². The van der Waals surface area contributed by atoms with Crippen LogP contribution in [0.4, 0.5) is 0 Å². The molecule has 0 radical (unpaired) electrons. The zero-order valence-electron chi connectivity index (χ0n) is 9.67. The Bertz CT molecular complexity index is 466. The number of aliphatic hydroxyl groups is 1. The van der Waals surface area contributed by atoms with Crippen LogP contribution in [-0.2, 0) is 0 Å². The highest BCUT2D eigenvalue weighted by molar-refractivity contribution is 5.52. The van der Waals surface area contributed by atoms with Crippen molar-refractivity contribution in [3.63, 3.8) is 0 Å². The third-order valence-electron chi connectivity index (χ3n) is 2.96. The topological polar surface area (TPSA) is 50.4 Å². The summed E-state index contributed by atoms with van der Waals surface area (Å²) in [5.41, 5.74) is 1.76. The van der Waals surface area contributed by atoms with E-state index in [1.165, 1.54) is 0 Å². The molecule has 0 amide bonds. The van der Waals surface area contributed by atoms with Crippen molar-refractivity contribution in [1.82, 2.24) is 14.6 Å². The van der Waals surface area contributed by atoms with E-state index in [1.54, 1.807) is 29.3 Å². The van der Waals surface area contributed by atoms with Crippen molar-refractivity contribution in [3.05, 3.63) is 30.4 Å². The van der Waals surface area contributed by atoms with Crippen LogP contribution in [0.1, 0.15) is 38.4 Å². The molecule has 0 saturated carbocycles. The number of hydrogen-bond donors (Lipinski definition) is 1. The van der Waals surface area contributed by atoms with Crippen molar-refractivity contribution >= 4 is 5.52 Å². The fraction of sp³-hybridized carbons (Fsp3) is 0.500. The molecular formula is C12H17N3O. The molecule has 2 rings (SSSR count). The summed E-state index contributed by atoms with van der Waals surface area (Å²) < 4.78 is 1.74. The van der Waals surface area contributed by atoms with Crippen LogP contribution in [0.25, 0.3) is 5.52 Å². The van der Waals surface area contributed by atoms with E-state index in [1.807, 2.05) is 0 Å². The van der Waals surface area contributed by atoms with Gasteiger partial charge in [0.1, 0.15) is 0 Å². The minimum absolute atomic E-state index is 0.248. The molecule has 0 fully saturated rings. The third-order valence-corrected chi connectivity index (χ3v) is 2.96. The van der Waals surface area contributed by atoms with Crippen molar-refractivity contribution < 1.29 is 5.11 Å². The first-order valence-electron chi connectivity index (χ1n) is 5.69. The van der Waals surface area contributed by atoms with E-state index in [0.717, 1.165) is 23.9 Å². The van der Waals surface area contributed by atoms with Gasteiger partial charge in [-0.3, -0.25) is 4.98 Å². The van der Waals surface area contributed by atoms with E-state index in [4.69, 9.17) is 0 Å². The second-order valence-corrected chi connectivity index (χ2v) is 4.22. The van der Waals surface area contributed by atoms with Gasteiger partial charge < -0.3 is 5.11 Å². The normalized spacial score (nSPS) is 15.2. The summed E-state index contributed by atoms with van der Waals surface area (Å²) in [6, 6.07) is 0. The lowest BCUT2D eigenvalue weighted by molar-refractivity contribution is 0.113. The molecule has 1 N–H and O–H groups in total. The SMILES string of the molecule is CCCC(C)C(O)c1cnn2ccncc12. The lowest BCUT2D eigenvalue weighted by Crippen LogP contribution is -2.08. The maximum atomic E-state index is 10.2. The molecule has 0 spiro atoms. The molecule has 4 heteroatoms. The van der Waals surface area contributed by atoms with E-state index in [2.05, 4.69) is 23.9 Å². The average molecular weight is 219 g/mol. The highest BCUT2D eigenvalue weighted by Gasteiger charge is 2.19. The summed E-state index contributed by atoms with van der Waals surface area (Å²) in [4.78, 5) is 4.06. The second kappa shape index (κ2) is 4.61. The summed E-state index contributed by atoms with van der Waals surface area (Å²) in [5, 5.41) is 14.4. The smallest absolute Gasteiger partial charge is 0.0903 e. The number of fused-ring (bicyclic) bond motifs is 1. The van der Waals surface area contributed by atoms with Gasteiger partial charge in [0.2, 0.25) is 0 Å². The largest absolute Gasteiger partial charge is 0.388 e. The van der Waals surface area contributed by atoms with Gasteiger partial charge in [0.25, 0.3) is 0 Å². The van der Waals surface area contributed by atoms with Crippen molar-refractivity contribution in [2.24, 2.45) is 5.92 Å². The first-order chi connectivity index (χ1) is 7.74. The van der Waals surface area contributed by atoms with E-state index < -0.39 is 6.10 Å². The van der Waals surface area contributed by atoms with Gasteiger partial charge >= 0.3 is 0 Å². The molecular weight excluding hydrogens is 202 g/mol. The van der Waals surface area contributed by atoms with Gasteiger partial charge in [0.05, 0.1) is 24.0 Å². The van der Waals surface area contributed by atoms with Crippen LogP contribution in [0, 0.1) is 5.92 Å². The number of rotatable bonds is 4. The molecule has 0 saturated heterocycles. The van der Waals surface area contributed by atoms with E-state index in [-0.39, 0.29) is 5.92 Å². The molecule has 2 heterocycles. The summed E-state index contributed by atoms with van der Waals surface area (Å²) >= 11 is 0. The van der Waals surface area contributed by atoms with Crippen LogP contribution in [0.5, 0.6) is 0 Å². The maximum absolute atomic E-state index is 10.2. The fourth-order valence-electron chi connectivity index (χ4n) is 2.00. The minimum Gasteiger partial charge on any atom is -0.388 e. The Kier molecular flexibility index (Phi) is 3.19. The van der Waals surface area contributed by atoms with Crippen LogP contribution >= 0.6 is 0 Å². The van der Waals surface area contributed by atoms with Crippen molar-refractivity contribution in [2.75, 3.05) is 0 Å². The van der Waals surface area contributed by atoms with Crippen molar-refractivity contribution in [2.45, 2.75) is 32.8 Å². The summed E-state index contributed by atoms with van der Waals surface area (Å²) in [5.74, 6) is 0.248. The molecule has 0 aliphatic heterocycles. The van der Waals surface area contributed by atoms with Gasteiger partial charge in [-0.2, -0.15) is 5.10 Å². The third kappa shape index (κ3) is 1.93. The van der Waals surface area contributed by atoms with Crippen LogP contribution in [-0.4, -0.2) is 19.7 Å². The minimum atomic E-state index is -0.457. The summed E-state index contributed by atoms with van der Waals surface area (Å²) in [6.07, 6.45) is 8.58. The Labute approximate surface area is 94.9 Å². The Balaban J connectivity index is 2.32. The zero-order valence-corrected chi connectivity index (χ0v) is 9.67. The standard InChI is InChI=1S/C12H17N3O/c1-3-4-9(2)12(16)10-7-14-15-6-5-13-8-11(10)15/h5-9,12,16H,3-4H2,1-2H3. The number of aromatic nitrogens is 3. The van der Waals surface area contributed by atoms with Gasteiger partial charge in [-0.25, -0.2) is 4.52 Å². The number of nitrogens with zero attached hydrogens (tertiary/aromatic N) is 3. The predicted molar refractivity (Wildman–Crippen MR) is 62.0 cm³/mol. The predicted octanol–water partition coefficient (Wildman–Crippen LogP) is 2.20. The van der Waals surface area contributed by atoms with Gasteiger partial charge in [-0.05, 0) is 12.3 Å². The highest BCUT2D eigenvalue weighted by Crippen LogP contribution is 2.27. The highest BCUT2D eigenvalue weighted by atomic mass is 16.3. The Hall–Kier alpha value is -1.42. The molecule has 0 bridgehead atoms. The monoisotopic (exact) mass is 219 g/mol. The fourth-order valence-corrected chi connectivity index (χ4v) is 2.00. The Morgan fingerprint density at radius 3 is 3.00 bits per heavy atom. The zero-order chi connectivity index (χ0) is 11.5. The first kappa shape index (κ1) is 11.1. The van der Waals surface area contributed by atoms with Crippen LogP contribution < -0.4 is 0 Å². The molecule has 4 nitrogen and oxygen atoms in total. The van der Waals surface area contributed by atoms with Gasteiger partial charge in [0.15, 0.2) is 0 Å². The van der Waals surface area contributed by atoms with Crippen LogP contribution in [0.3, 0.4) is 0 Å². The summed E-state index contributed by atoms with van der Waals surface area (Å²) in [7, 11) is 0. The van der Waals surface area contributed by atoms with Gasteiger partial charge in [-0.1, -0.05) is 20.3 Å². The lowest BCUT2D eigenvalue weighted by atomic mass is 9.95. The molecule has 2 aromatic heterocycles. The van der Waals surface area contributed by atoms with E-state index in [0.29, 0.717) is 0 Å². The molecule has 86 valence electrons. The van der Waals surface area contributed by atoms with E-state index >= 15 is 0 Å². The number of aliphatic hydroxyl groups excluding tert-OH is 1. The molecule has 2 aromatic rings.